The summed E-state index contributed by atoms with van der Waals surface area (Å²) in [6, 6.07) is 3.62. The van der Waals surface area contributed by atoms with Crippen LogP contribution in [-0.4, -0.2) is 26.4 Å². The van der Waals surface area contributed by atoms with E-state index in [9.17, 15) is 0 Å². The van der Waals surface area contributed by atoms with E-state index in [1.165, 1.54) is 11.8 Å². The molecule has 0 saturated carbocycles. The fraction of sp³-hybridized carbons (Fsp3) is 0.364. The van der Waals surface area contributed by atoms with Crippen molar-refractivity contribution in [2.75, 3.05) is 12.3 Å². The number of ether oxygens (including phenoxy) is 1. The lowest BCUT2D eigenvalue weighted by atomic mass is 10.4. The highest BCUT2D eigenvalue weighted by Crippen LogP contribution is 2.28. The number of nitrogen functional groups attached to an aromatic ring is 1. The van der Waals surface area contributed by atoms with Crippen molar-refractivity contribution in [3.8, 4) is 5.88 Å². The van der Waals surface area contributed by atoms with Crippen molar-refractivity contribution in [2.24, 2.45) is 7.05 Å². The van der Waals surface area contributed by atoms with Crippen LogP contribution in [0.4, 0.5) is 5.69 Å². The van der Waals surface area contributed by atoms with Crippen molar-refractivity contribution >= 4 is 17.4 Å². The van der Waals surface area contributed by atoms with Gasteiger partial charge in [0.2, 0.25) is 5.88 Å². The zero-order valence-corrected chi connectivity index (χ0v) is 11.4. The molecule has 0 amide bonds. The third-order valence-electron chi connectivity index (χ3n) is 2.39. The van der Waals surface area contributed by atoms with Crippen molar-refractivity contribution < 1.29 is 4.74 Å². The molecule has 0 unspecified atom stereocenters. The zero-order valence-electron chi connectivity index (χ0n) is 10.5. The summed E-state index contributed by atoms with van der Waals surface area (Å²) in [4.78, 5) is 4.34. The molecule has 0 aromatic carbocycles. The van der Waals surface area contributed by atoms with Crippen LogP contribution in [-0.2, 0) is 7.05 Å². The predicted octanol–water partition coefficient (Wildman–Crippen LogP) is 1.65. The van der Waals surface area contributed by atoms with E-state index < -0.39 is 0 Å². The van der Waals surface area contributed by atoms with Crippen LogP contribution in [0.5, 0.6) is 5.88 Å². The fourth-order valence-electron chi connectivity index (χ4n) is 1.31. The lowest BCUT2D eigenvalue weighted by Gasteiger charge is -2.07. The Morgan fingerprint density at radius 2 is 2.17 bits per heavy atom. The van der Waals surface area contributed by atoms with Gasteiger partial charge in [0.05, 0.1) is 12.3 Å². The van der Waals surface area contributed by atoms with Crippen LogP contribution >= 0.6 is 11.8 Å². The van der Waals surface area contributed by atoms with Gasteiger partial charge in [-0.2, -0.15) is 0 Å². The molecule has 0 aliphatic rings. The number of aryl methyl sites for hydroxylation is 1. The summed E-state index contributed by atoms with van der Waals surface area (Å²) in [6.07, 6.45) is 0. The first-order valence-corrected chi connectivity index (χ1v) is 6.36. The van der Waals surface area contributed by atoms with E-state index in [1.807, 2.05) is 31.5 Å². The number of hydrogen-bond donors (Lipinski definition) is 1. The molecule has 2 N–H and O–H groups in total. The average Bonchev–Trinajstić information content (AvgIpc) is 2.66. The lowest BCUT2D eigenvalue weighted by Crippen LogP contribution is -2.00. The SMILES string of the molecule is CCOc1nc(Sc2nnc(C)n2C)ccc1N. The molecular formula is C11H15N5OS. The molecule has 0 aliphatic carbocycles. The van der Waals surface area contributed by atoms with Gasteiger partial charge in [0, 0.05) is 7.05 Å². The van der Waals surface area contributed by atoms with Crippen molar-refractivity contribution in [2.45, 2.75) is 24.0 Å². The molecule has 0 atom stereocenters. The number of pyridine rings is 1. The maximum Gasteiger partial charge on any atom is 0.238 e. The Bertz CT molecular complexity index is 554. The first-order valence-electron chi connectivity index (χ1n) is 5.55. The normalized spacial score (nSPS) is 10.6. The van der Waals surface area contributed by atoms with Crippen LogP contribution in [0.3, 0.4) is 0 Å². The largest absolute Gasteiger partial charge is 0.476 e. The number of rotatable bonds is 4. The second-order valence-electron chi connectivity index (χ2n) is 3.67. The molecule has 6 nitrogen and oxygen atoms in total. The topological polar surface area (TPSA) is 78.9 Å². The summed E-state index contributed by atoms with van der Waals surface area (Å²) in [5, 5.41) is 9.63. The molecule has 2 aromatic heterocycles. The van der Waals surface area contributed by atoms with Crippen LogP contribution in [0.25, 0.3) is 0 Å². The molecule has 0 radical (unpaired) electrons. The highest BCUT2D eigenvalue weighted by atomic mass is 32.2. The van der Waals surface area contributed by atoms with Crippen molar-refractivity contribution in [1.29, 1.82) is 0 Å². The molecule has 96 valence electrons. The molecule has 2 aromatic rings. The minimum absolute atomic E-state index is 0.460. The molecule has 0 bridgehead atoms. The Balaban J connectivity index is 2.24. The molecule has 0 saturated heterocycles. The van der Waals surface area contributed by atoms with Crippen molar-refractivity contribution in [3.63, 3.8) is 0 Å². The first kappa shape index (κ1) is 12.7. The minimum Gasteiger partial charge on any atom is -0.476 e. The van der Waals surface area contributed by atoms with Crippen molar-refractivity contribution in [3.05, 3.63) is 18.0 Å². The quantitative estimate of drug-likeness (QED) is 0.905. The van der Waals surface area contributed by atoms with Gasteiger partial charge >= 0.3 is 0 Å². The van der Waals surface area contributed by atoms with Gasteiger partial charge in [-0.1, -0.05) is 0 Å². The molecular weight excluding hydrogens is 250 g/mol. The predicted molar refractivity (Wildman–Crippen MR) is 69.7 cm³/mol. The summed E-state index contributed by atoms with van der Waals surface area (Å²) in [5.74, 6) is 1.32. The lowest BCUT2D eigenvalue weighted by molar-refractivity contribution is 0.326. The van der Waals surface area contributed by atoms with E-state index in [0.717, 1.165) is 16.0 Å². The summed E-state index contributed by atoms with van der Waals surface area (Å²) in [7, 11) is 1.92. The standard InChI is InChI=1S/C11H15N5OS/c1-4-17-10-8(12)5-6-9(13-10)18-11-15-14-7(2)16(11)3/h5-6H,4,12H2,1-3H3. The summed E-state index contributed by atoms with van der Waals surface area (Å²) >= 11 is 1.43. The van der Waals surface area contributed by atoms with E-state index in [-0.39, 0.29) is 0 Å². The van der Waals surface area contributed by atoms with E-state index in [2.05, 4.69) is 15.2 Å². The van der Waals surface area contributed by atoms with Crippen LogP contribution in [0.15, 0.2) is 22.3 Å². The Kier molecular flexibility index (Phi) is 3.71. The zero-order chi connectivity index (χ0) is 13.1. The van der Waals surface area contributed by atoms with Gasteiger partial charge < -0.3 is 15.0 Å². The molecule has 2 heterocycles. The first-order chi connectivity index (χ1) is 8.61. The Morgan fingerprint density at radius 1 is 1.39 bits per heavy atom. The second kappa shape index (κ2) is 5.26. The second-order valence-corrected chi connectivity index (χ2v) is 4.66. The van der Waals surface area contributed by atoms with Gasteiger partial charge in [0.25, 0.3) is 0 Å². The van der Waals surface area contributed by atoms with Crippen LogP contribution < -0.4 is 10.5 Å². The minimum atomic E-state index is 0.460. The Labute approximate surface area is 110 Å². The maximum absolute atomic E-state index is 5.77. The summed E-state index contributed by atoms with van der Waals surface area (Å²) < 4.78 is 7.26. The van der Waals surface area contributed by atoms with Crippen LogP contribution in [0.2, 0.25) is 0 Å². The molecule has 18 heavy (non-hydrogen) atoms. The van der Waals surface area contributed by atoms with E-state index in [4.69, 9.17) is 10.5 Å². The number of anilines is 1. The molecule has 0 fully saturated rings. The van der Waals surface area contributed by atoms with Crippen LogP contribution in [0.1, 0.15) is 12.7 Å². The number of nitrogens with two attached hydrogens (primary N) is 1. The van der Waals surface area contributed by atoms with Gasteiger partial charge in [-0.05, 0) is 37.7 Å². The van der Waals surface area contributed by atoms with Gasteiger partial charge in [0.15, 0.2) is 5.16 Å². The van der Waals surface area contributed by atoms with E-state index in [0.29, 0.717) is 18.2 Å². The number of nitrogens with zero attached hydrogens (tertiary/aromatic N) is 4. The fourth-order valence-corrected chi connectivity index (χ4v) is 2.12. The highest BCUT2D eigenvalue weighted by molar-refractivity contribution is 7.99. The van der Waals surface area contributed by atoms with Gasteiger partial charge in [-0.15, -0.1) is 10.2 Å². The van der Waals surface area contributed by atoms with Crippen LogP contribution in [0, 0.1) is 6.92 Å². The van der Waals surface area contributed by atoms with Gasteiger partial charge in [-0.25, -0.2) is 4.98 Å². The van der Waals surface area contributed by atoms with Gasteiger partial charge in [-0.3, -0.25) is 0 Å². The Hall–Kier alpha value is -1.76. The summed E-state index contributed by atoms with van der Waals surface area (Å²) in [6.45, 7) is 4.33. The van der Waals surface area contributed by atoms with E-state index in [1.54, 1.807) is 6.07 Å². The average molecular weight is 265 g/mol. The summed E-state index contributed by atoms with van der Waals surface area (Å²) in [5.41, 5.74) is 6.31. The maximum atomic E-state index is 5.77. The van der Waals surface area contributed by atoms with Gasteiger partial charge in [0.1, 0.15) is 10.9 Å². The highest BCUT2D eigenvalue weighted by Gasteiger charge is 2.10. The molecule has 2 rings (SSSR count). The monoisotopic (exact) mass is 265 g/mol. The van der Waals surface area contributed by atoms with E-state index >= 15 is 0 Å². The molecule has 0 aliphatic heterocycles. The smallest absolute Gasteiger partial charge is 0.238 e. The molecule has 7 heteroatoms. The number of hydrogen-bond acceptors (Lipinski definition) is 6. The third-order valence-corrected chi connectivity index (χ3v) is 3.37. The number of aromatic nitrogens is 4. The van der Waals surface area contributed by atoms with Crippen molar-refractivity contribution in [1.82, 2.24) is 19.7 Å². The Morgan fingerprint density at radius 3 is 2.78 bits per heavy atom. The third kappa shape index (κ3) is 2.56. The molecule has 0 spiro atoms.